The van der Waals surface area contributed by atoms with Crippen LogP contribution in [0.1, 0.15) is 50.6 Å². The van der Waals surface area contributed by atoms with Crippen LogP contribution in [0.3, 0.4) is 0 Å². The number of aliphatic imine (C=N–C) groups is 1. The fraction of sp³-hybridized carbons (Fsp3) is 0.708. The highest BCUT2D eigenvalue weighted by Crippen LogP contribution is 2.40. The van der Waals surface area contributed by atoms with Gasteiger partial charge in [0.15, 0.2) is 5.96 Å². The molecule has 0 amide bonds. The van der Waals surface area contributed by atoms with Crippen molar-refractivity contribution in [3.63, 3.8) is 0 Å². The molecular weight excluding hydrogens is 376 g/mol. The lowest BCUT2D eigenvalue weighted by Gasteiger charge is -2.35. The largest absolute Gasteiger partial charge is 0.382 e. The number of nitrogens with one attached hydrogen (secondary N) is 2. The van der Waals surface area contributed by atoms with E-state index in [-0.39, 0.29) is 0 Å². The van der Waals surface area contributed by atoms with Crippen molar-refractivity contribution in [3.8, 4) is 0 Å². The molecule has 0 spiro atoms. The molecule has 3 rings (SSSR count). The van der Waals surface area contributed by atoms with Crippen molar-refractivity contribution in [2.45, 2.75) is 45.1 Å². The summed E-state index contributed by atoms with van der Waals surface area (Å²) in [6.45, 7) is 9.07. The number of benzene rings is 1. The first kappa shape index (κ1) is 23.0. The molecule has 6 heteroatoms. The van der Waals surface area contributed by atoms with Crippen LogP contribution in [0.2, 0.25) is 0 Å². The number of rotatable bonds is 10. The van der Waals surface area contributed by atoms with Crippen LogP contribution in [0, 0.1) is 5.41 Å². The molecule has 2 fully saturated rings. The number of nitrogens with zero attached hydrogens (tertiary/aromatic N) is 2. The van der Waals surface area contributed by atoms with Gasteiger partial charge in [0, 0.05) is 46.4 Å². The van der Waals surface area contributed by atoms with Crippen LogP contribution in [0.25, 0.3) is 0 Å². The van der Waals surface area contributed by atoms with Crippen LogP contribution in [0.5, 0.6) is 0 Å². The van der Waals surface area contributed by atoms with Gasteiger partial charge in [-0.25, -0.2) is 0 Å². The second-order valence-electron chi connectivity index (χ2n) is 8.54. The first-order valence-corrected chi connectivity index (χ1v) is 11.7. The zero-order chi connectivity index (χ0) is 21.1. The number of ether oxygens (including phenoxy) is 2. The summed E-state index contributed by atoms with van der Waals surface area (Å²) < 4.78 is 11.2. The van der Waals surface area contributed by atoms with Crippen LogP contribution in [0.4, 0.5) is 0 Å². The molecule has 0 aromatic heterocycles. The molecule has 1 unspecified atom stereocenters. The van der Waals surface area contributed by atoms with Crippen LogP contribution >= 0.6 is 0 Å². The smallest absolute Gasteiger partial charge is 0.191 e. The maximum atomic E-state index is 5.66. The van der Waals surface area contributed by atoms with Crippen LogP contribution in [-0.4, -0.2) is 70.5 Å². The number of hydrogen-bond donors (Lipinski definition) is 2. The van der Waals surface area contributed by atoms with E-state index in [0.29, 0.717) is 11.5 Å². The Bertz CT molecular complexity index is 625. The van der Waals surface area contributed by atoms with E-state index in [1.165, 1.54) is 31.2 Å². The van der Waals surface area contributed by atoms with E-state index < -0.39 is 0 Å². The minimum Gasteiger partial charge on any atom is -0.382 e. The third kappa shape index (κ3) is 6.69. The Morgan fingerprint density at radius 3 is 2.57 bits per heavy atom. The van der Waals surface area contributed by atoms with Gasteiger partial charge in [-0.05, 0) is 37.2 Å². The van der Waals surface area contributed by atoms with Gasteiger partial charge in [-0.2, -0.15) is 0 Å². The normalized spacial score (nSPS) is 20.8. The van der Waals surface area contributed by atoms with Crippen LogP contribution in [0.15, 0.2) is 35.3 Å². The summed E-state index contributed by atoms with van der Waals surface area (Å²) in [5.41, 5.74) is 1.68. The number of hydrogen-bond acceptors (Lipinski definition) is 4. The standard InChI is InChI=1S/C24H40N4O2/c1-3-29-16-13-24(11-7-8-12-24)20-27-23(25-2)26-19-22(21-9-5-4-6-10-21)28-14-17-30-18-15-28/h4-6,9-10,22H,3,7-8,11-20H2,1-2H3,(H2,25,26,27). The van der Waals surface area contributed by atoms with Gasteiger partial charge in [-0.1, -0.05) is 43.2 Å². The van der Waals surface area contributed by atoms with E-state index in [0.717, 1.165) is 65.0 Å². The van der Waals surface area contributed by atoms with Gasteiger partial charge in [0.2, 0.25) is 0 Å². The Morgan fingerprint density at radius 2 is 1.90 bits per heavy atom. The maximum absolute atomic E-state index is 5.66. The molecule has 1 aromatic carbocycles. The molecule has 1 heterocycles. The van der Waals surface area contributed by atoms with Crippen molar-refractivity contribution >= 4 is 5.96 Å². The lowest BCUT2D eigenvalue weighted by molar-refractivity contribution is 0.0170. The zero-order valence-corrected chi connectivity index (χ0v) is 18.9. The van der Waals surface area contributed by atoms with E-state index in [2.05, 4.69) is 57.8 Å². The minimum absolute atomic E-state index is 0.312. The summed E-state index contributed by atoms with van der Waals surface area (Å²) in [6.07, 6.45) is 6.35. The molecule has 168 valence electrons. The van der Waals surface area contributed by atoms with Crippen molar-refractivity contribution in [1.29, 1.82) is 0 Å². The highest BCUT2D eigenvalue weighted by molar-refractivity contribution is 5.79. The summed E-state index contributed by atoms with van der Waals surface area (Å²) in [4.78, 5) is 7.02. The molecule has 1 aliphatic carbocycles. The predicted octanol–water partition coefficient (Wildman–Crippen LogP) is 3.21. The Labute approximate surface area is 182 Å². The molecular formula is C24H40N4O2. The number of guanidine groups is 1. The van der Waals surface area contributed by atoms with Crippen LogP contribution in [-0.2, 0) is 9.47 Å². The van der Waals surface area contributed by atoms with E-state index in [1.807, 2.05) is 7.05 Å². The average molecular weight is 417 g/mol. The second kappa shape index (κ2) is 12.3. The minimum atomic E-state index is 0.312. The third-order valence-electron chi connectivity index (χ3n) is 6.63. The fourth-order valence-corrected chi connectivity index (χ4v) is 4.78. The van der Waals surface area contributed by atoms with Crippen molar-refractivity contribution in [1.82, 2.24) is 15.5 Å². The highest BCUT2D eigenvalue weighted by Gasteiger charge is 2.33. The van der Waals surface area contributed by atoms with Gasteiger partial charge >= 0.3 is 0 Å². The van der Waals surface area contributed by atoms with Gasteiger partial charge in [0.05, 0.1) is 19.3 Å². The Kier molecular flexibility index (Phi) is 9.43. The molecule has 0 bridgehead atoms. The van der Waals surface area contributed by atoms with Gasteiger partial charge in [0.1, 0.15) is 0 Å². The first-order chi connectivity index (χ1) is 14.8. The lowest BCUT2D eigenvalue weighted by atomic mass is 9.83. The quantitative estimate of drug-likeness (QED) is 0.348. The lowest BCUT2D eigenvalue weighted by Crippen LogP contribution is -2.48. The van der Waals surface area contributed by atoms with Crippen molar-refractivity contribution in [3.05, 3.63) is 35.9 Å². The van der Waals surface area contributed by atoms with Crippen molar-refractivity contribution in [2.24, 2.45) is 10.4 Å². The van der Waals surface area contributed by atoms with Gasteiger partial charge in [0.25, 0.3) is 0 Å². The Morgan fingerprint density at radius 1 is 1.17 bits per heavy atom. The van der Waals surface area contributed by atoms with Crippen molar-refractivity contribution < 1.29 is 9.47 Å². The predicted molar refractivity (Wildman–Crippen MR) is 123 cm³/mol. The fourth-order valence-electron chi connectivity index (χ4n) is 4.78. The first-order valence-electron chi connectivity index (χ1n) is 11.7. The van der Waals surface area contributed by atoms with Crippen LogP contribution < -0.4 is 10.6 Å². The summed E-state index contributed by atoms with van der Waals surface area (Å²) >= 11 is 0. The van der Waals surface area contributed by atoms with E-state index in [9.17, 15) is 0 Å². The molecule has 1 saturated heterocycles. The molecule has 1 aliphatic heterocycles. The SMILES string of the molecule is CCOCCC1(CNC(=NC)NCC(c2ccccc2)N2CCOCC2)CCCC1. The molecule has 1 aromatic rings. The summed E-state index contributed by atoms with van der Waals surface area (Å²) in [5.74, 6) is 0.895. The van der Waals surface area contributed by atoms with Crippen molar-refractivity contribution in [2.75, 3.05) is 59.7 Å². The highest BCUT2D eigenvalue weighted by atomic mass is 16.5. The summed E-state index contributed by atoms with van der Waals surface area (Å²) in [5, 5.41) is 7.23. The summed E-state index contributed by atoms with van der Waals surface area (Å²) in [7, 11) is 1.86. The van der Waals surface area contributed by atoms with E-state index in [4.69, 9.17) is 9.47 Å². The molecule has 1 saturated carbocycles. The second-order valence-corrected chi connectivity index (χ2v) is 8.54. The Hall–Kier alpha value is -1.63. The monoisotopic (exact) mass is 416 g/mol. The average Bonchev–Trinajstić information content (AvgIpc) is 3.26. The van der Waals surface area contributed by atoms with Gasteiger partial charge in [-0.15, -0.1) is 0 Å². The molecule has 6 nitrogen and oxygen atoms in total. The summed E-state index contributed by atoms with van der Waals surface area (Å²) in [6, 6.07) is 11.1. The molecule has 2 N–H and O–H groups in total. The topological polar surface area (TPSA) is 58.1 Å². The molecule has 0 radical (unpaired) electrons. The van der Waals surface area contributed by atoms with Gasteiger partial charge < -0.3 is 20.1 Å². The molecule has 1 atom stereocenters. The molecule has 30 heavy (non-hydrogen) atoms. The third-order valence-corrected chi connectivity index (χ3v) is 6.63. The number of morpholine rings is 1. The maximum Gasteiger partial charge on any atom is 0.191 e. The zero-order valence-electron chi connectivity index (χ0n) is 18.9. The molecule has 2 aliphatic rings. The van der Waals surface area contributed by atoms with Gasteiger partial charge in [-0.3, -0.25) is 9.89 Å². The van der Waals surface area contributed by atoms with E-state index >= 15 is 0 Å². The Balaban J connectivity index is 1.56. The van der Waals surface area contributed by atoms with E-state index in [1.54, 1.807) is 0 Å².